The van der Waals surface area contributed by atoms with Crippen molar-refractivity contribution in [3.8, 4) is 0 Å². The van der Waals surface area contributed by atoms with E-state index in [0.29, 0.717) is 0 Å². The van der Waals surface area contributed by atoms with Crippen molar-refractivity contribution in [1.29, 1.82) is 0 Å². The van der Waals surface area contributed by atoms with Gasteiger partial charge in [0.15, 0.2) is 0 Å². The number of rotatable bonds is 5. The average molecular weight is 255 g/mol. The topological polar surface area (TPSA) is 0 Å². The van der Waals surface area contributed by atoms with Crippen molar-refractivity contribution in [3.63, 3.8) is 0 Å². The number of hydrogen-bond acceptors (Lipinski definition) is 1. The molecule has 0 nitrogen and oxygen atoms in total. The van der Waals surface area contributed by atoms with Gasteiger partial charge in [0.2, 0.25) is 0 Å². The van der Waals surface area contributed by atoms with E-state index < -0.39 is 0 Å². The summed E-state index contributed by atoms with van der Waals surface area (Å²) in [6.07, 6.45) is 5.14. The fourth-order valence-corrected chi connectivity index (χ4v) is 3.85. The zero-order valence-corrected chi connectivity index (χ0v) is 11.2. The van der Waals surface area contributed by atoms with Crippen molar-refractivity contribution in [2.75, 3.05) is 17.4 Å². The Balaban J connectivity index is 1.91. The molecule has 1 aliphatic carbocycles. The Kier molecular flexibility index (Phi) is 5.05. The Morgan fingerprint density at radius 2 is 2.19 bits per heavy atom. The van der Waals surface area contributed by atoms with Crippen LogP contribution in [-0.2, 0) is 6.42 Å². The zero-order valence-electron chi connectivity index (χ0n) is 9.62. The molecule has 1 aliphatic rings. The summed E-state index contributed by atoms with van der Waals surface area (Å²) >= 11 is 7.75. The first kappa shape index (κ1) is 12.3. The molecule has 0 aliphatic heterocycles. The second-order valence-corrected chi connectivity index (χ2v) is 5.93. The van der Waals surface area contributed by atoms with Crippen LogP contribution in [0.15, 0.2) is 24.3 Å². The summed E-state index contributed by atoms with van der Waals surface area (Å²) < 4.78 is 0. The molecule has 1 aromatic carbocycles. The minimum Gasteiger partial charge on any atom is -0.161 e. The highest BCUT2D eigenvalue weighted by atomic mass is 35.5. The largest absolute Gasteiger partial charge is 0.161 e. The minimum absolute atomic E-state index is 0.783. The maximum absolute atomic E-state index is 5.69. The maximum Gasteiger partial charge on any atom is 0.0231 e. The van der Waals surface area contributed by atoms with Crippen LogP contribution in [-0.4, -0.2) is 17.4 Å². The quantitative estimate of drug-likeness (QED) is 0.552. The zero-order chi connectivity index (χ0) is 11.2. The van der Waals surface area contributed by atoms with Gasteiger partial charge >= 0.3 is 0 Å². The summed E-state index contributed by atoms with van der Waals surface area (Å²) in [6.45, 7) is 0. The molecule has 0 amide bonds. The van der Waals surface area contributed by atoms with Gasteiger partial charge in [-0.2, -0.15) is 11.8 Å². The molecular weight excluding hydrogens is 236 g/mol. The van der Waals surface area contributed by atoms with Crippen LogP contribution in [0.25, 0.3) is 0 Å². The minimum atomic E-state index is 0.783. The van der Waals surface area contributed by atoms with Crippen LogP contribution in [0.3, 0.4) is 0 Å². The number of benzene rings is 1. The van der Waals surface area contributed by atoms with Crippen molar-refractivity contribution in [1.82, 2.24) is 0 Å². The third kappa shape index (κ3) is 3.18. The van der Waals surface area contributed by atoms with Gasteiger partial charge in [0.1, 0.15) is 0 Å². The molecule has 1 unspecified atom stereocenters. The molecule has 0 fully saturated rings. The lowest BCUT2D eigenvalue weighted by Gasteiger charge is -2.25. The highest BCUT2D eigenvalue weighted by molar-refractivity contribution is 7.99. The lowest BCUT2D eigenvalue weighted by atomic mass is 9.84. The van der Waals surface area contributed by atoms with E-state index >= 15 is 0 Å². The average Bonchev–Trinajstić information content (AvgIpc) is 2.35. The fourth-order valence-electron chi connectivity index (χ4n) is 2.41. The molecule has 16 heavy (non-hydrogen) atoms. The molecule has 0 saturated carbocycles. The molecule has 0 aromatic heterocycles. The van der Waals surface area contributed by atoms with E-state index in [9.17, 15) is 0 Å². The second-order valence-electron chi connectivity index (χ2n) is 4.41. The van der Waals surface area contributed by atoms with Gasteiger partial charge in [-0.3, -0.25) is 0 Å². The molecule has 88 valence electrons. The van der Waals surface area contributed by atoms with Crippen LogP contribution in [0, 0.1) is 0 Å². The Bertz CT molecular complexity index is 324. The number of aryl methyl sites for hydroxylation is 1. The van der Waals surface area contributed by atoms with Crippen molar-refractivity contribution in [2.45, 2.75) is 31.6 Å². The normalized spacial score (nSPS) is 19.4. The molecule has 2 rings (SSSR count). The standard InChI is InChI=1S/C14H19ClS/c15-9-4-10-16-11-13-7-3-6-12-5-1-2-8-14(12)13/h1-2,5,8,13H,3-4,6-7,9-11H2. The van der Waals surface area contributed by atoms with Gasteiger partial charge in [-0.1, -0.05) is 24.3 Å². The molecule has 1 aromatic rings. The van der Waals surface area contributed by atoms with Crippen molar-refractivity contribution >= 4 is 23.4 Å². The number of alkyl halides is 1. The maximum atomic E-state index is 5.69. The van der Waals surface area contributed by atoms with Crippen LogP contribution in [0.2, 0.25) is 0 Å². The van der Waals surface area contributed by atoms with E-state index in [4.69, 9.17) is 11.6 Å². The first-order valence-corrected chi connectivity index (χ1v) is 7.82. The first-order valence-electron chi connectivity index (χ1n) is 6.13. The van der Waals surface area contributed by atoms with E-state index in [1.807, 2.05) is 0 Å². The Labute approximate surface area is 108 Å². The highest BCUT2D eigenvalue weighted by Crippen LogP contribution is 2.33. The summed E-state index contributed by atoms with van der Waals surface area (Å²) in [5, 5.41) is 0. The van der Waals surface area contributed by atoms with Crippen LogP contribution in [0.5, 0.6) is 0 Å². The van der Waals surface area contributed by atoms with Gasteiger partial charge in [-0.25, -0.2) is 0 Å². The number of hydrogen-bond donors (Lipinski definition) is 0. The Hall–Kier alpha value is -0.140. The van der Waals surface area contributed by atoms with E-state index in [1.165, 1.54) is 30.8 Å². The molecule has 0 bridgehead atoms. The lowest BCUT2D eigenvalue weighted by Crippen LogP contribution is -2.11. The van der Waals surface area contributed by atoms with Crippen LogP contribution in [0.1, 0.15) is 36.3 Å². The summed E-state index contributed by atoms with van der Waals surface area (Å²) in [6, 6.07) is 8.97. The van der Waals surface area contributed by atoms with E-state index in [-0.39, 0.29) is 0 Å². The molecule has 0 spiro atoms. The van der Waals surface area contributed by atoms with Crippen LogP contribution >= 0.6 is 23.4 Å². The molecule has 0 N–H and O–H groups in total. The third-order valence-corrected chi connectivity index (χ3v) is 4.72. The molecular formula is C14H19ClS. The van der Waals surface area contributed by atoms with Gasteiger partial charge in [0.05, 0.1) is 0 Å². The molecule has 2 heteroatoms. The van der Waals surface area contributed by atoms with Crippen molar-refractivity contribution in [3.05, 3.63) is 35.4 Å². The van der Waals surface area contributed by atoms with Gasteiger partial charge in [0, 0.05) is 11.6 Å². The van der Waals surface area contributed by atoms with E-state index in [1.54, 1.807) is 11.1 Å². The van der Waals surface area contributed by atoms with Gasteiger partial charge < -0.3 is 0 Å². The fraction of sp³-hybridized carbons (Fsp3) is 0.571. The molecule has 0 heterocycles. The monoisotopic (exact) mass is 254 g/mol. The van der Waals surface area contributed by atoms with Gasteiger partial charge in [-0.15, -0.1) is 11.6 Å². The smallest absolute Gasteiger partial charge is 0.0231 e. The number of thioether (sulfide) groups is 1. The number of fused-ring (bicyclic) bond motifs is 1. The molecule has 1 atom stereocenters. The molecule has 0 radical (unpaired) electrons. The summed E-state index contributed by atoms with van der Waals surface area (Å²) in [7, 11) is 0. The summed E-state index contributed by atoms with van der Waals surface area (Å²) in [5.41, 5.74) is 3.18. The van der Waals surface area contributed by atoms with Crippen LogP contribution < -0.4 is 0 Å². The summed E-state index contributed by atoms with van der Waals surface area (Å²) in [5.74, 6) is 4.06. The Morgan fingerprint density at radius 1 is 1.31 bits per heavy atom. The van der Waals surface area contributed by atoms with Gasteiger partial charge in [0.25, 0.3) is 0 Å². The predicted molar refractivity (Wildman–Crippen MR) is 74.8 cm³/mol. The van der Waals surface area contributed by atoms with Crippen molar-refractivity contribution < 1.29 is 0 Å². The SMILES string of the molecule is ClCCCSCC1CCCc2ccccc21. The Morgan fingerprint density at radius 3 is 3.06 bits per heavy atom. The van der Waals surface area contributed by atoms with Gasteiger partial charge in [-0.05, 0) is 48.5 Å². The van der Waals surface area contributed by atoms with E-state index in [2.05, 4.69) is 36.0 Å². The van der Waals surface area contributed by atoms with Crippen molar-refractivity contribution in [2.24, 2.45) is 0 Å². The molecule has 0 saturated heterocycles. The highest BCUT2D eigenvalue weighted by Gasteiger charge is 2.19. The predicted octanol–water partition coefficient (Wildman–Crippen LogP) is 4.47. The van der Waals surface area contributed by atoms with Crippen LogP contribution in [0.4, 0.5) is 0 Å². The second kappa shape index (κ2) is 6.56. The first-order chi connectivity index (χ1) is 7.92. The van der Waals surface area contributed by atoms with E-state index in [0.717, 1.165) is 18.2 Å². The third-order valence-electron chi connectivity index (χ3n) is 3.23. The summed E-state index contributed by atoms with van der Waals surface area (Å²) in [4.78, 5) is 0. The number of halogens is 1. The lowest BCUT2D eigenvalue weighted by molar-refractivity contribution is 0.596.